The number of likely N-dealkylation sites (tertiary alicyclic amines) is 2. The number of rotatable bonds is 5. The van der Waals surface area contributed by atoms with Gasteiger partial charge in [0.1, 0.15) is 11.5 Å². The zero-order chi connectivity index (χ0) is 20.4. The lowest BCUT2D eigenvalue weighted by atomic mass is 9.76. The molecule has 1 aromatic carbocycles. The zero-order valence-electron chi connectivity index (χ0n) is 17.3. The maximum atomic E-state index is 12.6. The lowest BCUT2D eigenvalue weighted by Crippen LogP contribution is -2.45. The van der Waals surface area contributed by atoms with E-state index in [-0.39, 0.29) is 24.0 Å². The van der Waals surface area contributed by atoms with Gasteiger partial charge in [-0.15, -0.1) is 0 Å². The summed E-state index contributed by atoms with van der Waals surface area (Å²) in [7, 11) is 3.74. The summed E-state index contributed by atoms with van der Waals surface area (Å²) < 4.78 is 15.9. The number of benzene rings is 1. The Morgan fingerprint density at radius 1 is 1.24 bits per heavy atom. The summed E-state index contributed by atoms with van der Waals surface area (Å²) in [4.78, 5) is 21.2. The number of methoxy groups -OCH3 is 1. The summed E-state index contributed by atoms with van der Waals surface area (Å²) in [5.74, 6) is 2.84. The largest absolute Gasteiger partial charge is 0.497 e. The van der Waals surface area contributed by atoms with Crippen molar-refractivity contribution in [1.82, 2.24) is 19.9 Å². The summed E-state index contributed by atoms with van der Waals surface area (Å²) in [6.45, 7) is 4.40. The van der Waals surface area contributed by atoms with Crippen LogP contribution in [-0.4, -0.2) is 66.2 Å². The number of aromatic nitrogens is 2. The second kappa shape index (κ2) is 8.02. The van der Waals surface area contributed by atoms with E-state index in [0.717, 1.165) is 50.5 Å². The van der Waals surface area contributed by atoms with Crippen molar-refractivity contribution < 1.29 is 18.8 Å². The number of amides is 1. The summed E-state index contributed by atoms with van der Waals surface area (Å²) in [5, 5.41) is 4.12. The Morgan fingerprint density at radius 2 is 1.93 bits per heavy atom. The average molecular weight is 400 g/mol. The van der Waals surface area contributed by atoms with Gasteiger partial charge in [-0.05, 0) is 56.0 Å². The van der Waals surface area contributed by atoms with Gasteiger partial charge in [-0.25, -0.2) is 0 Å². The van der Waals surface area contributed by atoms with Crippen molar-refractivity contribution in [1.29, 1.82) is 0 Å². The van der Waals surface area contributed by atoms with Crippen molar-refractivity contribution in [2.45, 2.75) is 32.2 Å². The molecular weight excluding hydrogens is 372 g/mol. The van der Waals surface area contributed by atoms with E-state index in [4.69, 9.17) is 14.0 Å². The van der Waals surface area contributed by atoms with Crippen LogP contribution in [0.25, 0.3) is 0 Å². The molecule has 2 aliphatic rings. The first kappa shape index (κ1) is 19.7. The van der Waals surface area contributed by atoms with Gasteiger partial charge in [0.05, 0.1) is 13.2 Å². The minimum absolute atomic E-state index is 0.0346. The first-order valence-electron chi connectivity index (χ1n) is 10.0. The van der Waals surface area contributed by atoms with Crippen LogP contribution in [0.1, 0.15) is 37.0 Å². The fourth-order valence-corrected chi connectivity index (χ4v) is 4.51. The fourth-order valence-electron chi connectivity index (χ4n) is 4.51. The van der Waals surface area contributed by atoms with Crippen LogP contribution in [0, 0.1) is 12.3 Å². The molecule has 29 heavy (non-hydrogen) atoms. The molecule has 2 saturated heterocycles. The Kier molecular flexibility index (Phi) is 5.45. The summed E-state index contributed by atoms with van der Waals surface area (Å²) >= 11 is 0. The van der Waals surface area contributed by atoms with Gasteiger partial charge >= 0.3 is 0 Å². The number of carbonyl (C=O) groups excluding carboxylic acids is 1. The maximum Gasteiger partial charge on any atom is 0.260 e. The SMILES string of the molecule is COc1ccc(OCC(=O)N2CCC3(CC2)CC(c2noc(C)n2)N(C)C3)cc1. The van der Waals surface area contributed by atoms with E-state index in [2.05, 4.69) is 22.1 Å². The number of hydrogen-bond acceptors (Lipinski definition) is 7. The van der Waals surface area contributed by atoms with Crippen molar-refractivity contribution in [3.8, 4) is 11.5 Å². The third kappa shape index (κ3) is 4.22. The second-order valence-corrected chi connectivity index (χ2v) is 8.15. The normalized spacial score (nSPS) is 21.5. The molecule has 3 heterocycles. The van der Waals surface area contributed by atoms with Gasteiger partial charge in [-0.1, -0.05) is 5.16 Å². The Morgan fingerprint density at radius 3 is 2.55 bits per heavy atom. The minimum atomic E-state index is 0.0346. The molecule has 1 aromatic heterocycles. The van der Waals surface area contributed by atoms with Crippen LogP contribution in [0.5, 0.6) is 11.5 Å². The molecule has 0 N–H and O–H groups in total. The van der Waals surface area contributed by atoms with Gasteiger partial charge < -0.3 is 18.9 Å². The van der Waals surface area contributed by atoms with Crippen molar-refractivity contribution in [2.75, 3.05) is 40.4 Å². The highest BCUT2D eigenvalue weighted by molar-refractivity contribution is 5.77. The van der Waals surface area contributed by atoms with E-state index in [0.29, 0.717) is 11.6 Å². The smallest absolute Gasteiger partial charge is 0.260 e. The number of aryl methyl sites for hydroxylation is 1. The molecule has 0 saturated carbocycles. The van der Waals surface area contributed by atoms with E-state index in [1.54, 1.807) is 7.11 Å². The van der Waals surface area contributed by atoms with Crippen LogP contribution < -0.4 is 9.47 Å². The van der Waals surface area contributed by atoms with Crippen molar-refractivity contribution >= 4 is 5.91 Å². The highest BCUT2D eigenvalue weighted by Gasteiger charge is 2.46. The maximum absolute atomic E-state index is 12.6. The first-order chi connectivity index (χ1) is 14.0. The quantitative estimate of drug-likeness (QED) is 0.762. The molecule has 0 aliphatic carbocycles. The standard InChI is InChI=1S/C21H28N4O4/c1-15-22-20(23-29-15)18-12-21(14-24(18)2)8-10-25(11-9-21)19(26)13-28-17-6-4-16(27-3)5-7-17/h4-7,18H,8-14H2,1-3H3. The van der Waals surface area contributed by atoms with Gasteiger partial charge in [0.15, 0.2) is 12.4 Å². The van der Waals surface area contributed by atoms with Gasteiger partial charge in [0.25, 0.3) is 5.91 Å². The molecule has 0 radical (unpaired) electrons. The minimum Gasteiger partial charge on any atom is -0.497 e. The molecule has 8 nitrogen and oxygen atoms in total. The Balaban J connectivity index is 1.29. The third-order valence-electron chi connectivity index (χ3n) is 6.18. The highest BCUT2D eigenvalue weighted by Crippen LogP contribution is 2.47. The van der Waals surface area contributed by atoms with Crippen LogP contribution in [0.4, 0.5) is 0 Å². The molecule has 2 fully saturated rings. The number of ether oxygens (including phenoxy) is 2. The third-order valence-corrected chi connectivity index (χ3v) is 6.18. The molecule has 0 bridgehead atoms. The summed E-state index contributed by atoms with van der Waals surface area (Å²) in [5.41, 5.74) is 0.210. The molecule has 1 unspecified atom stereocenters. The topological polar surface area (TPSA) is 80.9 Å². The first-order valence-corrected chi connectivity index (χ1v) is 10.0. The van der Waals surface area contributed by atoms with E-state index >= 15 is 0 Å². The van der Waals surface area contributed by atoms with Crippen molar-refractivity contribution in [2.24, 2.45) is 5.41 Å². The summed E-state index contributed by atoms with van der Waals surface area (Å²) in [6, 6.07) is 7.45. The number of piperidine rings is 1. The molecule has 1 atom stereocenters. The van der Waals surface area contributed by atoms with Crippen molar-refractivity contribution in [3.05, 3.63) is 36.0 Å². The molecule has 1 amide bonds. The molecule has 2 aliphatic heterocycles. The lowest BCUT2D eigenvalue weighted by Gasteiger charge is -2.39. The average Bonchev–Trinajstić information content (AvgIpc) is 3.30. The predicted molar refractivity (Wildman–Crippen MR) is 106 cm³/mol. The van der Waals surface area contributed by atoms with Gasteiger partial charge in [-0.2, -0.15) is 4.98 Å². The van der Waals surface area contributed by atoms with E-state index in [1.807, 2.05) is 36.1 Å². The summed E-state index contributed by atoms with van der Waals surface area (Å²) in [6.07, 6.45) is 2.98. The highest BCUT2D eigenvalue weighted by atomic mass is 16.5. The second-order valence-electron chi connectivity index (χ2n) is 8.15. The number of carbonyl (C=O) groups is 1. The van der Waals surface area contributed by atoms with Gasteiger partial charge in [0, 0.05) is 26.6 Å². The van der Waals surface area contributed by atoms with Gasteiger partial charge in [0.2, 0.25) is 5.89 Å². The molecule has 2 aromatic rings. The zero-order valence-corrected chi connectivity index (χ0v) is 17.3. The van der Waals surface area contributed by atoms with Crippen LogP contribution in [0.15, 0.2) is 28.8 Å². The van der Waals surface area contributed by atoms with Crippen molar-refractivity contribution in [3.63, 3.8) is 0 Å². The van der Waals surface area contributed by atoms with E-state index in [9.17, 15) is 4.79 Å². The number of hydrogen-bond donors (Lipinski definition) is 0. The lowest BCUT2D eigenvalue weighted by molar-refractivity contribution is -0.135. The molecule has 8 heteroatoms. The van der Waals surface area contributed by atoms with E-state index in [1.165, 1.54) is 0 Å². The van der Waals surface area contributed by atoms with E-state index < -0.39 is 0 Å². The van der Waals surface area contributed by atoms with Crippen LogP contribution in [-0.2, 0) is 4.79 Å². The Labute approximate surface area is 170 Å². The Hall–Kier alpha value is -2.61. The van der Waals surface area contributed by atoms with Crippen LogP contribution >= 0.6 is 0 Å². The Bertz CT molecular complexity index is 843. The molecule has 1 spiro atoms. The fraction of sp³-hybridized carbons (Fsp3) is 0.571. The van der Waals surface area contributed by atoms with Gasteiger partial charge in [-0.3, -0.25) is 9.69 Å². The number of nitrogens with zero attached hydrogens (tertiary/aromatic N) is 4. The molecule has 156 valence electrons. The molecular formula is C21H28N4O4. The monoisotopic (exact) mass is 400 g/mol. The predicted octanol–water partition coefficient (Wildman–Crippen LogP) is 2.45. The molecule has 4 rings (SSSR count). The van der Waals surface area contributed by atoms with Crippen LogP contribution in [0.3, 0.4) is 0 Å². The van der Waals surface area contributed by atoms with Crippen LogP contribution in [0.2, 0.25) is 0 Å².